The van der Waals surface area contributed by atoms with Gasteiger partial charge in [-0.2, -0.15) is 0 Å². The maximum Gasteiger partial charge on any atom is 1.00 e. The maximum atomic E-state index is 9.51. The molecule has 7 heavy (non-hydrogen) atoms. The standard InChI is InChI=1S/C5H8O.K.H/c1-2-3-4-5-6;;/h2-3,5H,4H2,1H3;;/q;+1;-1. The summed E-state index contributed by atoms with van der Waals surface area (Å²) >= 11 is 0. The molecule has 0 amide bonds. The van der Waals surface area contributed by atoms with Gasteiger partial charge in [-0.1, -0.05) is 12.2 Å². The number of hydrogen-bond acceptors (Lipinski definition) is 1. The second kappa shape index (κ2) is 10.1. The Morgan fingerprint density at radius 2 is 2.29 bits per heavy atom. The normalized spacial score (nSPS) is 8.14. The zero-order chi connectivity index (χ0) is 4.83. The molecule has 0 aliphatic rings. The fourth-order valence-corrected chi connectivity index (χ4v) is 0.192. The molecule has 0 aromatic heterocycles. The van der Waals surface area contributed by atoms with Gasteiger partial charge in [0.05, 0.1) is 0 Å². The average molecular weight is 124 g/mol. The second-order valence-corrected chi connectivity index (χ2v) is 0.971. The van der Waals surface area contributed by atoms with Crippen molar-refractivity contribution in [2.75, 3.05) is 0 Å². The van der Waals surface area contributed by atoms with E-state index in [0.29, 0.717) is 6.42 Å². The van der Waals surface area contributed by atoms with Crippen molar-refractivity contribution in [1.29, 1.82) is 0 Å². The molecule has 0 aliphatic carbocycles. The Bertz CT molecular complexity index is 63.4. The van der Waals surface area contributed by atoms with E-state index in [1.165, 1.54) is 0 Å². The topological polar surface area (TPSA) is 17.1 Å². The van der Waals surface area contributed by atoms with E-state index >= 15 is 0 Å². The largest absolute Gasteiger partial charge is 1.00 e. The van der Waals surface area contributed by atoms with E-state index < -0.39 is 0 Å². The van der Waals surface area contributed by atoms with E-state index in [1.807, 2.05) is 19.1 Å². The van der Waals surface area contributed by atoms with E-state index in [-0.39, 0.29) is 52.8 Å². The third kappa shape index (κ3) is 11.0. The number of hydrogen-bond donors (Lipinski definition) is 0. The predicted octanol–water partition coefficient (Wildman–Crippen LogP) is -1.73. The SMILES string of the molecule is CC=CCC=O.[H-].[K+]. The minimum Gasteiger partial charge on any atom is -1.00 e. The van der Waals surface area contributed by atoms with Crippen LogP contribution in [0.4, 0.5) is 0 Å². The molecule has 0 aliphatic heterocycles. The molecule has 36 valence electrons. The van der Waals surface area contributed by atoms with Gasteiger partial charge < -0.3 is 6.22 Å². The summed E-state index contributed by atoms with van der Waals surface area (Å²) in [6.45, 7) is 1.89. The van der Waals surface area contributed by atoms with Gasteiger partial charge in [-0.25, -0.2) is 0 Å². The number of allylic oxidation sites excluding steroid dienone is 2. The van der Waals surface area contributed by atoms with Gasteiger partial charge in [0.15, 0.2) is 0 Å². The van der Waals surface area contributed by atoms with Crippen LogP contribution < -0.4 is 51.4 Å². The van der Waals surface area contributed by atoms with Gasteiger partial charge in [0.25, 0.3) is 0 Å². The van der Waals surface area contributed by atoms with Crippen LogP contribution in [-0.4, -0.2) is 6.29 Å². The third-order valence-electron chi connectivity index (χ3n) is 0.468. The molecule has 0 bridgehead atoms. The number of aldehydes is 1. The first-order valence-corrected chi connectivity index (χ1v) is 1.96. The molecule has 0 aromatic carbocycles. The third-order valence-corrected chi connectivity index (χ3v) is 0.468. The van der Waals surface area contributed by atoms with Crippen LogP contribution in [0.15, 0.2) is 12.2 Å². The van der Waals surface area contributed by atoms with Crippen LogP contribution in [0.1, 0.15) is 14.8 Å². The average Bonchev–Trinajstić information content (AvgIpc) is 1.61. The molecule has 1 nitrogen and oxygen atoms in total. The van der Waals surface area contributed by atoms with Crippen LogP contribution in [-0.2, 0) is 4.79 Å². The maximum absolute atomic E-state index is 9.51. The van der Waals surface area contributed by atoms with E-state index in [9.17, 15) is 4.79 Å². The van der Waals surface area contributed by atoms with Gasteiger partial charge in [0.1, 0.15) is 6.29 Å². The Labute approximate surface area is 88.1 Å². The number of rotatable bonds is 2. The van der Waals surface area contributed by atoms with Crippen molar-refractivity contribution < 1.29 is 57.6 Å². The van der Waals surface area contributed by atoms with Crippen molar-refractivity contribution in [3.05, 3.63) is 12.2 Å². The fraction of sp³-hybridized carbons (Fsp3) is 0.400. The molecule has 0 rings (SSSR count). The summed E-state index contributed by atoms with van der Waals surface area (Å²) in [6, 6.07) is 0. The Balaban J connectivity index is -0.000000125. The Morgan fingerprint density at radius 3 is 2.43 bits per heavy atom. The Hall–Kier alpha value is 1.05. The molecule has 0 atom stereocenters. The van der Waals surface area contributed by atoms with Crippen molar-refractivity contribution >= 4 is 6.29 Å². The summed E-state index contributed by atoms with van der Waals surface area (Å²) in [5.74, 6) is 0. The van der Waals surface area contributed by atoms with Crippen LogP contribution >= 0.6 is 0 Å². The summed E-state index contributed by atoms with van der Waals surface area (Å²) in [5, 5.41) is 0. The predicted molar refractivity (Wildman–Crippen MR) is 26.6 cm³/mol. The fourth-order valence-electron chi connectivity index (χ4n) is 0.192. The van der Waals surface area contributed by atoms with Crippen LogP contribution in [0.5, 0.6) is 0 Å². The van der Waals surface area contributed by atoms with Crippen LogP contribution in [0.3, 0.4) is 0 Å². The van der Waals surface area contributed by atoms with E-state index in [2.05, 4.69) is 0 Å². The smallest absolute Gasteiger partial charge is 1.00 e. The van der Waals surface area contributed by atoms with Crippen molar-refractivity contribution in [1.82, 2.24) is 0 Å². The zero-order valence-electron chi connectivity index (χ0n) is 5.85. The molecule has 0 fully saturated rings. The first-order valence-electron chi connectivity index (χ1n) is 1.96. The molecule has 0 saturated heterocycles. The van der Waals surface area contributed by atoms with Crippen molar-refractivity contribution in [3.63, 3.8) is 0 Å². The molecule has 0 spiro atoms. The van der Waals surface area contributed by atoms with E-state index in [1.54, 1.807) is 0 Å². The van der Waals surface area contributed by atoms with Gasteiger partial charge in [-0.05, 0) is 6.92 Å². The summed E-state index contributed by atoms with van der Waals surface area (Å²) in [6.07, 6.45) is 5.10. The molecule has 0 radical (unpaired) electrons. The van der Waals surface area contributed by atoms with Crippen molar-refractivity contribution in [3.8, 4) is 0 Å². The Kier molecular flexibility index (Phi) is 15.8. The molecule has 0 heterocycles. The molecular formula is C5H9KO. The van der Waals surface area contributed by atoms with Gasteiger partial charge in [-0.15, -0.1) is 0 Å². The van der Waals surface area contributed by atoms with Gasteiger partial charge >= 0.3 is 51.4 Å². The van der Waals surface area contributed by atoms with Crippen molar-refractivity contribution in [2.45, 2.75) is 13.3 Å². The van der Waals surface area contributed by atoms with Gasteiger partial charge in [0.2, 0.25) is 0 Å². The summed E-state index contributed by atoms with van der Waals surface area (Å²) < 4.78 is 0. The monoisotopic (exact) mass is 124 g/mol. The van der Waals surface area contributed by atoms with Gasteiger partial charge in [0, 0.05) is 6.42 Å². The summed E-state index contributed by atoms with van der Waals surface area (Å²) in [5.41, 5.74) is 0. The first kappa shape index (κ1) is 10.9. The van der Waals surface area contributed by atoms with E-state index in [0.717, 1.165) is 6.29 Å². The molecule has 0 N–H and O–H groups in total. The molecule has 0 aromatic rings. The molecule has 0 saturated carbocycles. The zero-order valence-corrected chi connectivity index (χ0v) is 7.97. The molecule has 2 heteroatoms. The molecule has 0 unspecified atom stereocenters. The second-order valence-electron chi connectivity index (χ2n) is 0.971. The number of carbonyl (C=O) groups is 1. The van der Waals surface area contributed by atoms with Gasteiger partial charge in [-0.3, -0.25) is 0 Å². The molecular weight excluding hydrogens is 115 g/mol. The van der Waals surface area contributed by atoms with Crippen LogP contribution in [0, 0.1) is 0 Å². The quantitative estimate of drug-likeness (QED) is 0.243. The summed E-state index contributed by atoms with van der Waals surface area (Å²) in [4.78, 5) is 9.51. The Morgan fingerprint density at radius 1 is 1.71 bits per heavy atom. The minimum absolute atomic E-state index is 0. The minimum atomic E-state index is 0. The number of carbonyl (C=O) groups excluding carboxylic acids is 1. The van der Waals surface area contributed by atoms with Crippen molar-refractivity contribution in [2.24, 2.45) is 0 Å². The van der Waals surface area contributed by atoms with E-state index in [4.69, 9.17) is 0 Å². The summed E-state index contributed by atoms with van der Waals surface area (Å²) in [7, 11) is 0. The van der Waals surface area contributed by atoms with Crippen LogP contribution in [0.2, 0.25) is 0 Å². The first-order chi connectivity index (χ1) is 2.91. The van der Waals surface area contributed by atoms with Crippen LogP contribution in [0.25, 0.3) is 0 Å².